The number of hydrogen-bond donors (Lipinski definition) is 0. The first-order valence-corrected chi connectivity index (χ1v) is 6.27. The molecule has 0 atom stereocenters. The van der Waals surface area contributed by atoms with Gasteiger partial charge in [-0.2, -0.15) is 0 Å². The van der Waals surface area contributed by atoms with Crippen LogP contribution in [0.3, 0.4) is 0 Å². The SMILES string of the molecule is CCOC(=O)C1(C(=O)OCC)Cc2nccnc2C1. The molecule has 1 heterocycles. The van der Waals surface area contributed by atoms with E-state index < -0.39 is 17.4 Å². The predicted molar refractivity (Wildman–Crippen MR) is 65.1 cm³/mol. The van der Waals surface area contributed by atoms with Crippen molar-refractivity contribution in [3.8, 4) is 0 Å². The van der Waals surface area contributed by atoms with Crippen molar-refractivity contribution in [2.45, 2.75) is 26.7 Å². The highest BCUT2D eigenvalue weighted by molar-refractivity contribution is 6.01. The second-order valence-corrected chi connectivity index (χ2v) is 4.33. The molecule has 0 spiro atoms. The fourth-order valence-corrected chi connectivity index (χ4v) is 2.24. The van der Waals surface area contributed by atoms with Gasteiger partial charge in [-0.25, -0.2) is 0 Å². The second-order valence-electron chi connectivity index (χ2n) is 4.33. The second kappa shape index (κ2) is 5.34. The Morgan fingerprint density at radius 3 is 1.84 bits per heavy atom. The Balaban J connectivity index is 2.34. The summed E-state index contributed by atoms with van der Waals surface area (Å²) >= 11 is 0. The Morgan fingerprint density at radius 1 is 1.05 bits per heavy atom. The molecule has 1 aliphatic carbocycles. The van der Waals surface area contributed by atoms with Crippen LogP contribution in [0.4, 0.5) is 0 Å². The molecular formula is C13H16N2O4. The number of hydrogen-bond acceptors (Lipinski definition) is 6. The summed E-state index contributed by atoms with van der Waals surface area (Å²) in [7, 11) is 0. The summed E-state index contributed by atoms with van der Waals surface area (Å²) in [6.45, 7) is 3.85. The van der Waals surface area contributed by atoms with E-state index >= 15 is 0 Å². The lowest BCUT2D eigenvalue weighted by Gasteiger charge is -2.23. The molecule has 6 heteroatoms. The normalized spacial score (nSPS) is 15.7. The molecule has 0 bridgehead atoms. The van der Waals surface area contributed by atoms with Gasteiger partial charge < -0.3 is 9.47 Å². The van der Waals surface area contributed by atoms with Gasteiger partial charge >= 0.3 is 11.9 Å². The van der Waals surface area contributed by atoms with Crippen LogP contribution >= 0.6 is 0 Å². The van der Waals surface area contributed by atoms with E-state index in [1.54, 1.807) is 26.2 Å². The molecule has 2 rings (SSSR count). The van der Waals surface area contributed by atoms with E-state index in [4.69, 9.17) is 9.47 Å². The third-order valence-corrected chi connectivity index (χ3v) is 3.13. The fraction of sp³-hybridized carbons (Fsp3) is 0.538. The van der Waals surface area contributed by atoms with E-state index in [-0.39, 0.29) is 26.1 Å². The van der Waals surface area contributed by atoms with Crippen molar-refractivity contribution in [2.24, 2.45) is 5.41 Å². The summed E-state index contributed by atoms with van der Waals surface area (Å²) in [6, 6.07) is 0. The maximum Gasteiger partial charge on any atom is 0.324 e. The van der Waals surface area contributed by atoms with Gasteiger partial charge in [-0.15, -0.1) is 0 Å². The minimum Gasteiger partial charge on any atom is -0.465 e. The Labute approximate surface area is 111 Å². The number of fused-ring (bicyclic) bond motifs is 1. The van der Waals surface area contributed by atoms with Crippen LogP contribution in [0.1, 0.15) is 25.2 Å². The monoisotopic (exact) mass is 264 g/mol. The highest BCUT2D eigenvalue weighted by atomic mass is 16.6. The average molecular weight is 264 g/mol. The first-order chi connectivity index (χ1) is 9.14. The zero-order chi connectivity index (χ0) is 13.9. The van der Waals surface area contributed by atoms with Crippen molar-refractivity contribution in [3.05, 3.63) is 23.8 Å². The van der Waals surface area contributed by atoms with Gasteiger partial charge in [0.1, 0.15) is 0 Å². The first-order valence-electron chi connectivity index (χ1n) is 6.27. The van der Waals surface area contributed by atoms with Gasteiger partial charge in [-0.05, 0) is 13.8 Å². The van der Waals surface area contributed by atoms with E-state index in [1.807, 2.05) is 0 Å². The smallest absolute Gasteiger partial charge is 0.324 e. The number of nitrogens with zero attached hydrogens (tertiary/aromatic N) is 2. The Bertz CT molecular complexity index is 456. The molecule has 1 aliphatic rings. The minimum absolute atomic E-state index is 0.188. The van der Waals surface area contributed by atoms with E-state index in [9.17, 15) is 9.59 Å². The van der Waals surface area contributed by atoms with Gasteiger partial charge in [0, 0.05) is 25.2 Å². The van der Waals surface area contributed by atoms with E-state index in [0.29, 0.717) is 11.4 Å². The first kappa shape index (κ1) is 13.5. The number of carbonyl (C=O) groups is 2. The van der Waals surface area contributed by atoms with Crippen LogP contribution in [0.25, 0.3) is 0 Å². The predicted octanol–water partition coefficient (Wildman–Crippen LogP) is 0.688. The number of aromatic nitrogens is 2. The number of ether oxygens (including phenoxy) is 2. The molecule has 0 fully saturated rings. The summed E-state index contributed by atoms with van der Waals surface area (Å²) in [4.78, 5) is 32.7. The quantitative estimate of drug-likeness (QED) is 0.588. The highest BCUT2D eigenvalue weighted by Crippen LogP contribution is 2.37. The number of esters is 2. The minimum atomic E-state index is -1.32. The zero-order valence-electron chi connectivity index (χ0n) is 11.0. The molecule has 0 unspecified atom stereocenters. The largest absolute Gasteiger partial charge is 0.465 e. The van der Waals surface area contributed by atoms with Gasteiger partial charge in [0.2, 0.25) is 0 Å². The molecule has 0 amide bonds. The molecule has 1 aromatic heterocycles. The molecule has 0 aliphatic heterocycles. The average Bonchev–Trinajstić information content (AvgIpc) is 2.80. The van der Waals surface area contributed by atoms with Gasteiger partial charge in [0.15, 0.2) is 5.41 Å². The standard InChI is InChI=1S/C13H16N2O4/c1-3-18-11(16)13(12(17)19-4-2)7-9-10(8-13)15-6-5-14-9/h5-6H,3-4,7-8H2,1-2H3. The molecule has 1 aromatic rings. The maximum atomic E-state index is 12.2. The lowest BCUT2D eigenvalue weighted by Crippen LogP contribution is -2.43. The fourth-order valence-electron chi connectivity index (χ4n) is 2.24. The number of rotatable bonds is 4. The molecular weight excluding hydrogens is 248 g/mol. The number of carbonyl (C=O) groups excluding carboxylic acids is 2. The molecule has 19 heavy (non-hydrogen) atoms. The molecule has 102 valence electrons. The van der Waals surface area contributed by atoms with E-state index in [2.05, 4.69) is 9.97 Å². The third kappa shape index (κ3) is 2.30. The Morgan fingerprint density at radius 2 is 1.47 bits per heavy atom. The summed E-state index contributed by atoms with van der Waals surface area (Å²) < 4.78 is 10.1. The molecule has 0 aromatic carbocycles. The van der Waals surface area contributed by atoms with Crippen LogP contribution in [-0.4, -0.2) is 35.1 Å². The Hall–Kier alpha value is -1.98. The summed E-state index contributed by atoms with van der Waals surface area (Å²) in [5, 5.41) is 0. The summed E-state index contributed by atoms with van der Waals surface area (Å²) in [5.41, 5.74) is -0.0115. The van der Waals surface area contributed by atoms with E-state index in [1.165, 1.54) is 0 Å². The van der Waals surface area contributed by atoms with Gasteiger partial charge in [0.05, 0.1) is 24.6 Å². The topological polar surface area (TPSA) is 78.4 Å². The lowest BCUT2D eigenvalue weighted by atomic mass is 9.85. The molecule has 0 saturated heterocycles. The van der Waals surface area contributed by atoms with Crippen LogP contribution < -0.4 is 0 Å². The maximum absolute atomic E-state index is 12.2. The van der Waals surface area contributed by atoms with Gasteiger partial charge in [-0.3, -0.25) is 19.6 Å². The van der Waals surface area contributed by atoms with Crippen molar-refractivity contribution < 1.29 is 19.1 Å². The Kier molecular flexibility index (Phi) is 3.78. The van der Waals surface area contributed by atoms with Crippen LogP contribution in [-0.2, 0) is 31.9 Å². The highest BCUT2D eigenvalue weighted by Gasteiger charge is 2.54. The van der Waals surface area contributed by atoms with E-state index in [0.717, 1.165) is 0 Å². The summed E-state index contributed by atoms with van der Waals surface area (Å²) in [6.07, 6.45) is 3.47. The van der Waals surface area contributed by atoms with Crippen molar-refractivity contribution in [3.63, 3.8) is 0 Å². The molecule has 6 nitrogen and oxygen atoms in total. The van der Waals surface area contributed by atoms with Gasteiger partial charge in [0.25, 0.3) is 0 Å². The van der Waals surface area contributed by atoms with Crippen molar-refractivity contribution >= 4 is 11.9 Å². The van der Waals surface area contributed by atoms with Crippen molar-refractivity contribution in [1.29, 1.82) is 0 Å². The van der Waals surface area contributed by atoms with Crippen LogP contribution in [0.5, 0.6) is 0 Å². The van der Waals surface area contributed by atoms with Crippen molar-refractivity contribution in [1.82, 2.24) is 9.97 Å². The zero-order valence-corrected chi connectivity index (χ0v) is 11.0. The molecule has 0 radical (unpaired) electrons. The summed E-state index contributed by atoms with van der Waals surface area (Å²) in [5.74, 6) is -1.12. The van der Waals surface area contributed by atoms with Crippen LogP contribution in [0.15, 0.2) is 12.4 Å². The lowest BCUT2D eigenvalue weighted by molar-refractivity contribution is -0.171. The van der Waals surface area contributed by atoms with Gasteiger partial charge in [-0.1, -0.05) is 0 Å². The van der Waals surface area contributed by atoms with Crippen LogP contribution in [0.2, 0.25) is 0 Å². The molecule has 0 saturated carbocycles. The third-order valence-electron chi connectivity index (χ3n) is 3.13. The van der Waals surface area contributed by atoms with Crippen LogP contribution in [0, 0.1) is 5.41 Å². The molecule has 0 N–H and O–H groups in total. The van der Waals surface area contributed by atoms with Crippen molar-refractivity contribution in [2.75, 3.05) is 13.2 Å².